The topological polar surface area (TPSA) is 81.4 Å². The van der Waals surface area contributed by atoms with Crippen molar-refractivity contribution < 1.29 is 14.7 Å². The Morgan fingerprint density at radius 2 is 2.05 bits per heavy atom. The van der Waals surface area contributed by atoms with Crippen LogP contribution < -0.4 is 0 Å². The molecule has 0 radical (unpaired) electrons. The molecule has 5 nitrogen and oxygen atoms in total. The maximum absolute atomic E-state index is 12.2. The van der Waals surface area contributed by atoms with Gasteiger partial charge in [-0.3, -0.25) is 4.79 Å². The molecule has 100 valence electrons. The van der Waals surface area contributed by atoms with Gasteiger partial charge in [-0.25, -0.2) is 4.79 Å². The number of carboxylic acid groups (broad SMARTS) is 1. The van der Waals surface area contributed by atoms with Crippen LogP contribution in [-0.2, 0) is 11.2 Å². The zero-order valence-corrected chi connectivity index (χ0v) is 11.2. The second-order valence-corrected chi connectivity index (χ2v) is 4.76. The molecule has 1 aromatic rings. The molecule has 19 heavy (non-hydrogen) atoms. The van der Waals surface area contributed by atoms with Gasteiger partial charge in [0.05, 0.1) is 12.5 Å². The molecule has 0 fully saturated rings. The summed E-state index contributed by atoms with van der Waals surface area (Å²) in [6.45, 7) is 2.93. The maximum Gasteiger partial charge on any atom is 0.329 e. The van der Waals surface area contributed by atoms with Crippen LogP contribution in [0.3, 0.4) is 0 Å². The van der Waals surface area contributed by atoms with Gasteiger partial charge in [0.25, 0.3) is 5.91 Å². The van der Waals surface area contributed by atoms with Gasteiger partial charge in [-0.1, -0.05) is 12.1 Å². The summed E-state index contributed by atoms with van der Waals surface area (Å²) in [5.74, 6) is -1.45. The van der Waals surface area contributed by atoms with Crippen LogP contribution >= 0.6 is 0 Å². The number of amides is 1. The van der Waals surface area contributed by atoms with Crippen molar-refractivity contribution in [3.63, 3.8) is 0 Å². The molecule has 1 rings (SSSR count). The first-order valence-electron chi connectivity index (χ1n) is 5.78. The summed E-state index contributed by atoms with van der Waals surface area (Å²) in [6, 6.07) is 8.66. The van der Waals surface area contributed by atoms with E-state index >= 15 is 0 Å². The number of hydrogen-bond acceptors (Lipinski definition) is 3. The highest BCUT2D eigenvalue weighted by Crippen LogP contribution is 2.17. The van der Waals surface area contributed by atoms with E-state index in [0.29, 0.717) is 5.56 Å². The number of likely N-dealkylation sites (N-methyl/N-ethyl adjacent to an activating group) is 1. The van der Waals surface area contributed by atoms with E-state index in [1.807, 2.05) is 6.07 Å². The van der Waals surface area contributed by atoms with E-state index in [1.165, 1.54) is 25.8 Å². The molecule has 0 atom stereocenters. The van der Waals surface area contributed by atoms with Crippen molar-refractivity contribution in [2.24, 2.45) is 0 Å². The van der Waals surface area contributed by atoms with Crippen LogP contribution in [-0.4, -0.2) is 34.5 Å². The van der Waals surface area contributed by atoms with Gasteiger partial charge in [0.1, 0.15) is 5.54 Å². The molecule has 0 aliphatic heterocycles. The third kappa shape index (κ3) is 3.10. The van der Waals surface area contributed by atoms with Crippen molar-refractivity contribution in [1.29, 1.82) is 5.26 Å². The largest absolute Gasteiger partial charge is 0.480 e. The molecule has 1 aromatic carbocycles. The van der Waals surface area contributed by atoms with Gasteiger partial charge in [0.15, 0.2) is 0 Å². The van der Waals surface area contributed by atoms with Gasteiger partial charge in [-0.15, -0.1) is 0 Å². The van der Waals surface area contributed by atoms with Crippen LogP contribution in [0.5, 0.6) is 0 Å². The minimum absolute atomic E-state index is 0.215. The summed E-state index contributed by atoms with van der Waals surface area (Å²) in [5, 5.41) is 17.7. The van der Waals surface area contributed by atoms with E-state index in [9.17, 15) is 9.59 Å². The third-order valence-corrected chi connectivity index (χ3v) is 3.12. The molecule has 0 aliphatic rings. The van der Waals surface area contributed by atoms with Gasteiger partial charge in [0, 0.05) is 12.6 Å². The Morgan fingerprint density at radius 1 is 1.42 bits per heavy atom. The Hall–Kier alpha value is -2.35. The molecular formula is C14H16N2O3. The number of carboxylic acids is 1. The Bertz CT molecular complexity index is 544. The molecule has 0 aliphatic carbocycles. The monoisotopic (exact) mass is 260 g/mol. The quantitative estimate of drug-likeness (QED) is 0.893. The average Bonchev–Trinajstić information content (AvgIpc) is 2.37. The lowest BCUT2D eigenvalue weighted by molar-refractivity contribution is -0.147. The molecule has 5 heteroatoms. The number of aliphatic carboxylic acids is 1. The average molecular weight is 260 g/mol. The lowest BCUT2D eigenvalue weighted by Gasteiger charge is -2.31. The Labute approximate surface area is 112 Å². The second-order valence-electron chi connectivity index (χ2n) is 4.76. The maximum atomic E-state index is 12.2. The van der Waals surface area contributed by atoms with Crippen molar-refractivity contribution in [2.75, 3.05) is 7.05 Å². The van der Waals surface area contributed by atoms with Gasteiger partial charge in [0.2, 0.25) is 0 Å². The van der Waals surface area contributed by atoms with Crippen LogP contribution in [0.1, 0.15) is 29.8 Å². The van der Waals surface area contributed by atoms with Crippen LogP contribution in [0.2, 0.25) is 0 Å². The highest BCUT2D eigenvalue weighted by Gasteiger charge is 2.35. The van der Waals surface area contributed by atoms with E-state index in [0.717, 1.165) is 5.56 Å². The highest BCUT2D eigenvalue weighted by atomic mass is 16.4. The Balaban J connectivity index is 3.04. The molecule has 0 unspecified atom stereocenters. The first kappa shape index (κ1) is 14.7. The predicted molar refractivity (Wildman–Crippen MR) is 69.6 cm³/mol. The molecule has 0 spiro atoms. The van der Waals surface area contributed by atoms with Crippen molar-refractivity contribution in [2.45, 2.75) is 25.8 Å². The fourth-order valence-corrected chi connectivity index (χ4v) is 1.50. The first-order chi connectivity index (χ1) is 8.80. The lowest BCUT2D eigenvalue weighted by atomic mass is 10.0. The van der Waals surface area contributed by atoms with Crippen molar-refractivity contribution >= 4 is 11.9 Å². The number of nitrogens with zero attached hydrogens (tertiary/aromatic N) is 2. The summed E-state index contributed by atoms with van der Waals surface area (Å²) in [5.41, 5.74) is -0.179. The fourth-order valence-electron chi connectivity index (χ4n) is 1.50. The second kappa shape index (κ2) is 5.53. The highest BCUT2D eigenvalue weighted by molar-refractivity contribution is 5.97. The molecule has 0 heterocycles. The molecule has 0 aromatic heterocycles. The molecular weight excluding hydrogens is 244 g/mol. The number of hydrogen-bond donors (Lipinski definition) is 1. The van der Waals surface area contributed by atoms with Crippen molar-refractivity contribution in [1.82, 2.24) is 4.90 Å². The standard InChI is InChI=1S/C14H16N2O3/c1-14(2,13(18)19)16(3)12(17)11-6-4-5-10(9-11)7-8-15/h4-6,9H,7H2,1-3H3,(H,18,19). The third-order valence-electron chi connectivity index (χ3n) is 3.12. The minimum Gasteiger partial charge on any atom is -0.480 e. The van der Waals surface area contributed by atoms with E-state index < -0.39 is 11.5 Å². The van der Waals surface area contributed by atoms with Gasteiger partial charge in [-0.2, -0.15) is 5.26 Å². The van der Waals surface area contributed by atoms with Crippen LogP contribution in [0.25, 0.3) is 0 Å². The zero-order valence-electron chi connectivity index (χ0n) is 11.2. The van der Waals surface area contributed by atoms with E-state index in [1.54, 1.807) is 24.3 Å². The van der Waals surface area contributed by atoms with Crippen LogP contribution in [0, 0.1) is 11.3 Å². The van der Waals surface area contributed by atoms with Gasteiger partial charge >= 0.3 is 5.97 Å². The zero-order chi connectivity index (χ0) is 14.6. The number of benzene rings is 1. The molecule has 1 N–H and O–H groups in total. The van der Waals surface area contributed by atoms with E-state index in [-0.39, 0.29) is 12.3 Å². The Kier molecular flexibility index (Phi) is 4.28. The van der Waals surface area contributed by atoms with E-state index in [2.05, 4.69) is 0 Å². The fraction of sp³-hybridized carbons (Fsp3) is 0.357. The molecule has 0 saturated heterocycles. The predicted octanol–water partition coefficient (Wildman–Crippen LogP) is 1.69. The normalized spacial score (nSPS) is 10.6. The van der Waals surface area contributed by atoms with Gasteiger partial charge < -0.3 is 10.0 Å². The van der Waals surface area contributed by atoms with Gasteiger partial charge in [-0.05, 0) is 31.5 Å². The summed E-state index contributed by atoms with van der Waals surface area (Å²) in [6.07, 6.45) is 0.215. The van der Waals surface area contributed by atoms with E-state index in [4.69, 9.17) is 10.4 Å². The summed E-state index contributed by atoms with van der Waals surface area (Å²) in [4.78, 5) is 24.5. The number of rotatable bonds is 4. The summed E-state index contributed by atoms with van der Waals surface area (Å²) in [7, 11) is 1.45. The number of carbonyl (C=O) groups excluding carboxylic acids is 1. The number of nitriles is 1. The summed E-state index contributed by atoms with van der Waals surface area (Å²) < 4.78 is 0. The Morgan fingerprint density at radius 3 is 2.58 bits per heavy atom. The van der Waals surface area contributed by atoms with Crippen LogP contribution in [0.15, 0.2) is 24.3 Å². The molecule has 0 saturated carbocycles. The smallest absolute Gasteiger partial charge is 0.329 e. The SMILES string of the molecule is CN(C(=O)c1cccc(CC#N)c1)C(C)(C)C(=O)O. The van der Waals surface area contributed by atoms with Crippen molar-refractivity contribution in [3.8, 4) is 6.07 Å². The molecule has 0 bridgehead atoms. The molecule has 1 amide bonds. The summed E-state index contributed by atoms with van der Waals surface area (Å²) >= 11 is 0. The van der Waals surface area contributed by atoms with Crippen LogP contribution in [0.4, 0.5) is 0 Å². The number of carbonyl (C=O) groups is 2. The minimum atomic E-state index is -1.29. The lowest BCUT2D eigenvalue weighted by Crippen LogP contribution is -2.50. The first-order valence-corrected chi connectivity index (χ1v) is 5.78. The van der Waals surface area contributed by atoms with Crippen molar-refractivity contribution in [3.05, 3.63) is 35.4 Å².